The molecule has 2 amide bonds. The van der Waals surface area contributed by atoms with Crippen LogP contribution in [-0.2, 0) is 16.0 Å². The van der Waals surface area contributed by atoms with Crippen molar-refractivity contribution in [1.29, 1.82) is 0 Å². The van der Waals surface area contributed by atoms with Gasteiger partial charge in [0, 0.05) is 19.0 Å². The number of aliphatic carboxylic acids is 1. The van der Waals surface area contributed by atoms with E-state index in [-0.39, 0.29) is 27.9 Å². The Morgan fingerprint density at radius 3 is 2.07 bits per heavy atom. The van der Waals surface area contributed by atoms with Crippen LogP contribution in [0, 0.1) is 0 Å². The highest BCUT2D eigenvalue weighted by Gasteiger charge is 2.25. The lowest BCUT2D eigenvalue weighted by Gasteiger charge is -2.25. The number of carbonyl (C=O) groups excluding carboxylic acids is 2. The van der Waals surface area contributed by atoms with Gasteiger partial charge in [0.2, 0.25) is 0 Å². The molecular formula is C32H41Cl2N3O4. The van der Waals surface area contributed by atoms with Gasteiger partial charge in [0.25, 0.3) is 11.8 Å². The van der Waals surface area contributed by atoms with Gasteiger partial charge < -0.3 is 10.4 Å². The van der Waals surface area contributed by atoms with Crippen molar-refractivity contribution in [2.75, 3.05) is 13.6 Å². The molecule has 2 aromatic carbocycles. The van der Waals surface area contributed by atoms with E-state index in [2.05, 4.69) is 10.7 Å². The number of hydrogen-bond donors (Lipinski definition) is 3. The summed E-state index contributed by atoms with van der Waals surface area (Å²) in [4.78, 5) is 38.2. The number of amides is 2. The quantitative estimate of drug-likeness (QED) is 0.137. The van der Waals surface area contributed by atoms with Gasteiger partial charge in [-0.25, -0.2) is 10.2 Å². The first kappa shape index (κ1) is 35.6. The molecule has 0 heterocycles. The molecule has 0 radical (unpaired) electrons. The van der Waals surface area contributed by atoms with Gasteiger partial charge in [0.05, 0.1) is 22.2 Å². The SMILES string of the molecule is C/C=C\C=C(/CC)CN(NC)C(=O)C(=C(C)C)c1ccc(CC(NC(=O)c2c(Cl)cccc2Cl)C(=O)O)cc1.CC. The van der Waals surface area contributed by atoms with Gasteiger partial charge in [-0.15, -0.1) is 0 Å². The van der Waals surface area contributed by atoms with E-state index in [1.54, 1.807) is 42.4 Å². The summed E-state index contributed by atoms with van der Waals surface area (Å²) in [6.45, 7) is 12.2. The second-order valence-corrected chi connectivity index (χ2v) is 9.87. The minimum atomic E-state index is -1.21. The Bertz CT molecular complexity index is 1260. The number of hydrazine groups is 1. The number of carboxylic acids is 1. The predicted molar refractivity (Wildman–Crippen MR) is 169 cm³/mol. The van der Waals surface area contributed by atoms with E-state index in [9.17, 15) is 19.5 Å². The minimum Gasteiger partial charge on any atom is -0.480 e. The van der Waals surface area contributed by atoms with Crippen LogP contribution in [0.5, 0.6) is 0 Å². The average Bonchev–Trinajstić information content (AvgIpc) is 2.94. The number of carboxylic acid groups (broad SMARTS) is 1. The molecule has 0 aliphatic heterocycles. The van der Waals surface area contributed by atoms with E-state index in [0.717, 1.165) is 17.6 Å². The molecule has 0 aromatic heterocycles. The molecule has 0 saturated heterocycles. The van der Waals surface area contributed by atoms with Crippen molar-refractivity contribution in [3.63, 3.8) is 0 Å². The summed E-state index contributed by atoms with van der Waals surface area (Å²) < 4.78 is 0. The molecule has 1 unspecified atom stereocenters. The third kappa shape index (κ3) is 10.5. The van der Waals surface area contributed by atoms with Crippen molar-refractivity contribution in [1.82, 2.24) is 15.8 Å². The number of nitrogens with one attached hydrogen (secondary N) is 2. The highest BCUT2D eigenvalue weighted by atomic mass is 35.5. The van der Waals surface area contributed by atoms with Gasteiger partial charge in [-0.05, 0) is 56.0 Å². The van der Waals surface area contributed by atoms with E-state index in [1.165, 1.54) is 12.1 Å². The summed E-state index contributed by atoms with van der Waals surface area (Å²) in [5, 5.41) is 14.1. The number of benzene rings is 2. The Kier molecular flexibility index (Phi) is 15.8. The molecule has 2 aromatic rings. The van der Waals surface area contributed by atoms with Gasteiger partial charge in [-0.1, -0.05) is 98.1 Å². The maximum absolute atomic E-state index is 13.5. The molecule has 2 rings (SSSR count). The smallest absolute Gasteiger partial charge is 0.326 e. The molecular weight excluding hydrogens is 561 g/mol. The van der Waals surface area contributed by atoms with E-state index in [0.29, 0.717) is 23.2 Å². The highest BCUT2D eigenvalue weighted by Crippen LogP contribution is 2.25. The Labute approximate surface area is 253 Å². The summed E-state index contributed by atoms with van der Waals surface area (Å²) in [6.07, 6.45) is 6.73. The lowest BCUT2D eigenvalue weighted by molar-refractivity contribution is -0.139. The molecule has 0 bridgehead atoms. The van der Waals surface area contributed by atoms with Crippen LogP contribution in [0.25, 0.3) is 5.57 Å². The standard InChI is InChI=1S/C30H35Cl2N3O4.C2H6/c1-6-8-10-20(7-2)18-35(33-5)29(37)26(19(3)4)22-15-13-21(14-16-22)17-25(30(38)39)34-28(36)27-23(31)11-9-12-24(27)32;1-2/h6,8-16,25,33H,7,17-18H2,1-5H3,(H,34,36)(H,38,39);1-2H3/b8-6-,20-10+;. The third-order valence-corrected chi connectivity index (χ3v) is 6.67. The van der Waals surface area contributed by atoms with Crippen molar-refractivity contribution in [2.24, 2.45) is 0 Å². The molecule has 0 fully saturated rings. The van der Waals surface area contributed by atoms with Gasteiger partial charge in [0.15, 0.2) is 0 Å². The lowest BCUT2D eigenvalue weighted by Crippen LogP contribution is -2.42. The molecule has 222 valence electrons. The van der Waals surface area contributed by atoms with Crippen LogP contribution >= 0.6 is 23.2 Å². The monoisotopic (exact) mass is 601 g/mol. The van der Waals surface area contributed by atoms with Crippen LogP contribution in [0.4, 0.5) is 0 Å². The molecule has 0 spiro atoms. The summed E-state index contributed by atoms with van der Waals surface area (Å²) in [6, 6.07) is 10.5. The van der Waals surface area contributed by atoms with Gasteiger partial charge in [-0.3, -0.25) is 14.6 Å². The first-order valence-corrected chi connectivity index (χ1v) is 14.3. The van der Waals surface area contributed by atoms with Gasteiger partial charge in [-0.2, -0.15) is 0 Å². The van der Waals surface area contributed by atoms with Gasteiger partial charge >= 0.3 is 5.97 Å². The number of nitrogens with zero attached hydrogens (tertiary/aromatic N) is 1. The van der Waals surface area contributed by atoms with Crippen molar-refractivity contribution in [2.45, 2.75) is 60.4 Å². The fourth-order valence-electron chi connectivity index (χ4n) is 3.92. The van der Waals surface area contributed by atoms with Crippen molar-refractivity contribution in [3.8, 4) is 0 Å². The zero-order valence-corrected chi connectivity index (χ0v) is 26.4. The Morgan fingerprint density at radius 2 is 1.61 bits per heavy atom. The van der Waals surface area contributed by atoms with E-state index < -0.39 is 17.9 Å². The number of carbonyl (C=O) groups is 3. The summed E-state index contributed by atoms with van der Waals surface area (Å²) in [5.74, 6) is -2.04. The van der Waals surface area contributed by atoms with Gasteiger partial charge in [0.1, 0.15) is 6.04 Å². The van der Waals surface area contributed by atoms with Crippen LogP contribution in [0.15, 0.2) is 71.8 Å². The largest absolute Gasteiger partial charge is 0.480 e. The second-order valence-electron chi connectivity index (χ2n) is 9.06. The Morgan fingerprint density at radius 1 is 1.02 bits per heavy atom. The van der Waals surface area contributed by atoms with Crippen molar-refractivity contribution in [3.05, 3.63) is 98.6 Å². The zero-order valence-electron chi connectivity index (χ0n) is 24.8. The van der Waals surface area contributed by atoms with Crippen molar-refractivity contribution >= 4 is 46.6 Å². The second kappa shape index (κ2) is 18.1. The van der Waals surface area contributed by atoms with E-state index in [4.69, 9.17) is 23.2 Å². The summed E-state index contributed by atoms with van der Waals surface area (Å²) >= 11 is 12.2. The molecule has 7 nitrogen and oxygen atoms in total. The van der Waals surface area contributed by atoms with Crippen LogP contribution < -0.4 is 10.7 Å². The molecule has 0 aliphatic rings. The number of hydrogen-bond acceptors (Lipinski definition) is 4. The molecule has 9 heteroatoms. The van der Waals surface area contributed by atoms with E-state index in [1.807, 2.05) is 59.8 Å². The maximum atomic E-state index is 13.5. The van der Waals surface area contributed by atoms with Crippen LogP contribution in [-0.4, -0.2) is 47.5 Å². The number of allylic oxidation sites excluding steroid dienone is 4. The highest BCUT2D eigenvalue weighted by molar-refractivity contribution is 6.39. The van der Waals surface area contributed by atoms with E-state index >= 15 is 0 Å². The van der Waals surface area contributed by atoms with Crippen LogP contribution in [0.1, 0.15) is 69.4 Å². The topological polar surface area (TPSA) is 98.7 Å². The fraction of sp³-hybridized carbons (Fsp3) is 0.344. The molecule has 0 saturated carbocycles. The number of rotatable bonds is 12. The summed E-state index contributed by atoms with van der Waals surface area (Å²) in [7, 11) is 1.71. The Hall–Kier alpha value is -3.39. The molecule has 1 atom stereocenters. The first-order valence-electron chi connectivity index (χ1n) is 13.6. The third-order valence-electron chi connectivity index (χ3n) is 6.04. The normalized spacial score (nSPS) is 11.8. The maximum Gasteiger partial charge on any atom is 0.326 e. The van der Waals surface area contributed by atoms with Crippen molar-refractivity contribution < 1.29 is 19.5 Å². The molecule has 3 N–H and O–H groups in total. The first-order chi connectivity index (χ1) is 19.5. The Balaban J connectivity index is 0.00000411. The fourth-order valence-corrected chi connectivity index (χ4v) is 4.49. The summed E-state index contributed by atoms with van der Waals surface area (Å²) in [5.41, 5.74) is 6.89. The van der Waals surface area contributed by atoms with Crippen LogP contribution in [0.3, 0.4) is 0 Å². The average molecular weight is 603 g/mol. The minimum absolute atomic E-state index is 0.0232. The lowest BCUT2D eigenvalue weighted by atomic mass is 9.97. The van der Waals surface area contributed by atoms with Crippen LogP contribution in [0.2, 0.25) is 10.0 Å². The molecule has 0 aliphatic carbocycles. The zero-order chi connectivity index (χ0) is 31.1. The molecule has 41 heavy (non-hydrogen) atoms. The predicted octanol–water partition coefficient (Wildman–Crippen LogP) is 7.11. The number of halogens is 2.